The van der Waals surface area contributed by atoms with Crippen molar-refractivity contribution in [2.24, 2.45) is 0 Å². The fourth-order valence-electron chi connectivity index (χ4n) is 1.88. The Morgan fingerprint density at radius 2 is 2.11 bits per heavy atom. The molecule has 0 saturated heterocycles. The lowest BCUT2D eigenvalue weighted by molar-refractivity contribution is 0.283. The van der Waals surface area contributed by atoms with E-state index >= 15 is 0 Å². The Kier molecular flexibility index (Phi) is 7.18. The molecular weight excluding hydrogens is 240 g/mol. The molecule has 1 aromatic heterocycles. The molecule has 1 heterocycles. The molecule has 0 aliphatic carbocycles. The Hall–Kier alpha value is -1.36. The maximum absolute atomic E-state index is 8.77. The van der Waals surface area contributed by atoms with Gasteiger partial charge in [0.05, 0.1) is 0 Å². The molecule has 5 nitrogen and oxygen atoms in total. The van der Waals surface area contributed by atoms with Gasteiger partial charge in [-0.25, -0.2) is 4.98 Å². The van der Waals surface area contributed by atoms with Gasteiger partial charge in [-0.3, -0.25) is 0 Å². The largest absolute Gasteiger partial charge is 0.396 e. The van der Waals surface area contributed by atoms with Crippen LogP contribution in [0.15, 0.2) is 6.20 Å². The van der Waals surface area contributed by atoms with Crippen LogP contribution in [0.4, 0.5) is 11.8 Å². The molecule has 0 fully saturated rings. The van der Waals surface area contributed by atoms with Crippen molar-refractivity contribution < 1.29 is 5.11 Å². The van der Waals surface area contributed by atoms with Crippen molar-refractivity contribution in [2.75, 3.05) is 37.0 Å². The molecular formula is C14H26N4O. The summed E-state index contributed by atoms with van der Waals surface area (Å²) in [5.41, 5.74) is 1.09. The van der Waals surface area contributed by atoms with Crippen LogP contribution in [0.25, 0.3) is 0 Å². The van der Waals surface area contributed by atoms with Gasteiger partial charge in [0.1, 0.15) is 5.82 Å². The maximum atomic E-state index is 8.77. The Morgan fingerprint density at radius 1 is 1.32 bits per heavy atom. The average molecular weight is 266 g/mol. The number of aliphatic hydroxyl groups excluding tert-OH is 1. The molecule has 2 N–H and O–H groups in total. The van der Waals surface area contributed by atoms with E-state index in [-0.39, 0.29) is 6.61 Å². The third-order valence-corrected chi connectivity index (χ3v) is 2.99. The Morgan fingerprint density at radius 3 is 2.79 bits per heavy atom. The number of aliphatic hydroxyl groups is 1. The van der Waals surface area contributed by atoms with E-state index < -0.39 is 0 Å². The maximum Gasteiger partial charge on any atom is 0.224 e. The molecule has 0 unspecified atom stereocenters. The molecule has 0 radical (unpaired) electrons. The fraction of sp³-hybridized carbons (Fsp3) is 0.714. The van der Waals surface area contributed by atoms with E-state index in [2.05, 4.69) is 34.2 Å². The summed E-state index contributed by atoms with van der Waals surface area (Å²) in [7, 11) is 2.05. The summed E-state index contributed by atoms with van der Waals surface area (Å²) in [5.74, 6) is 1.68. The highest BCUT2D eigenvalue weighted by molar-refractivity contribution is 5.48. The molecule has 0 aliphatic heterocycles. The van der Waals surface area contributed by atoms with Gasteiger partial charge in [0.15, 0.2) is 0 Å². The highest BCUT2D eigenvalue weighted by Crippen LogP contribution is 2.17. The van der Waals surface area contributed by atoms with Gasteiger partial charge >= 0.3 is 0 Å². The van der Waals surface area contributed by atoms with Gasteiger partial charge in [-0.2, -0.15) is 4.98 Å². The standard InChI is InChI=1S/C14H26N4O/c1-4-8-15-14-16-11-12(2)13(17-14)18(3)9-6-5-7-10-19/h11,19H,4-10H2,1-3H3,(H,15,16,17). The minimum Gasteiger partial charge on any atom is -0.396 e. The molecule has 0 atom stereocenters. The second-order valence-corrected chi connectivity index (χ2v) is 4.83. The van der Waals surface area contributed by atoms with Crippen LogP contribution in [0, 0.1) is 6.92 Å². The molecule has 0 aliphatic rings. The summed E-state index contributed by atoms with van der Waals surface area (Å²) >= 11 is 0. The van der Waals surface area contributed by atoms with Gasteiger partial charge in [0.25, 0.3) is 0 Å². The number of unbranched alkanes of at least 4 members (excludes halogenated alkanes) is 2. The Bertz CT molecular complexity index is 370. The van der Waals surface area contributed by atoms with Gasteiger partial charge in [0, 0.05) is 38.5 Å². The number of aromatic nitrogens is 2. The lowest BCUT2D eigenvalue weighted by Crippen LogP contribution is -2.21. The van der Waals surface area contributed by atoms with Crippen LogP contribution >= 0.6 is 0 Å². The van der Waals surface area contributed by atoms with Gasteiger partial charge in [0.2, 0.25) is 5.95 Å². The van der Waals surface area contributed by atoms with Crippen LogP contribution in [0.2, 0.25) is 0 Å². The zero-order valence-electron chi connectivity index (χ0n) is 12.3. The summed E-state index contributed by atoms with van der Waals surface area (Å²) in [6, 6.07) is 0. The van der Waals surface area contributed by atoms with Crippen molar-refractivity contribution in [3.05, 3.63) is 11.8 Å². The number of hydrogen-bond acceptors (Lipinski definition) is 5. The minimum absolute atomic E-state index is 0.279. The first-order chi connectivity index (χ1) is 9.19. The first kappa shape index (κ1) is 15.7. The quantitative estimate of drug-likeness (QED) is 0.671. The van der Waals surface area contributed by atoms with Crippen molar-refractivity contribution in [3.8, 4) is 0 Å². The van der Waals surface area contributed by atoms with Gasteiger partial charge in [-0.1, -0.05) is 6.92 Å². The van der Waals surface area contributed by atoms with E-state index in [0.717, 1.165) is 50.2 Å². The molecule has 0 saturated carbocycles. The normalized spacial score (nSPS) is 10.5. The van der Waals surface area contributed by atoms with Gasteiger partial charge < -0.3 is 15.3 Å². The molecule has 19 heavy (non-hydrogen) atoms. The third-order valence-electron chi connectivity index (χ3n) is 2.99. The highest BCUT2D eigenvalue weighted by Gasteiger charge is 2.08. The predicted octanol–water partition coefficient (Wildman–Crippen LogP) is 2.21. The summed E-state index contributed by atoms with van der Waals surface area (Å²) in [6.07, 6.45) is 5.91. The molecule has 0 aromatic carbocycles. The molecule has 5 heteroatoms. The minimum atomic E-state index is 0.279. The predicted molar refractivity (Wildman–Crippen MR) is 79.8 cm³/mol. The van der Waals surface area contributed by atoms with Crippen LogP contribution in [0.1, 0.15) is 38.2 Å². The Labute approximate surface area is 116 Å². The molecule has 0 bridgehead atoms. The van der Waals surface area contributed by atoms with Crippen LogP contribution in [0.3, 0.4) is 0 Å². The van der Waals surface area contributed by atoms with Gasteiger partial charge in [-0.15, -0.1) is 0 Å². The van der Waals surface area contributed by atoms with E-state index in [0.29, 0.717) is 5.95 Å². The van der Waals surface area contributed by atoms with Crippen molar-refractivity contribution in [1.82, 2.24) is 9.97 Å². The number of aryl methyl sites for hydroxylation is 1. The lowest BCUT2D eigenvalue weighted by atomic mass is 10.2. The monoisotopic (exact) mass is 266 g/mol. The number of nitrogens with one attached hydrogen (secondary N) is 1. The first-order valence-electron chi connectivity index (χ1n) is 7.08. The lowest BCUT2D eigenvalue weighted by Gasteiger charge is -2.20. The van der Waals surface area contributed by atoms with Crippen LogP contribution in [-0.4, -0.2) is 41.8 Å². The SMILES string of the molecule is CCCNc1ncc(C)c(N(C)CCCCCO)n1. The van der Waals surface area contributed by atoms with E-state index in [9.17, 15) is 0 Å². The molecule has 108 valence electrons. The van der Waals surface area contributed by atoms with Crippen molar-refractivity contribution in [3.63, 3.8) is 0 Å². The smallest absolute Gasteiger partial charge is 0.224 e. The highest BCUT2D eigenvalue weighted by atomic mass is 16.2. The first-order valence-corrected chi connectivity index (χ1v) is 7.08. The van der Waals surface area contributed by atoms with E-state index in [1.165, 1.54) is 0 Å². The van der Waals surface area contributed by atoms with Crippen molar-refractivity contribution >= 4 is 11.8 Å². The Balaban J connectivity index is 2.58. The number of anilines is 2. The van der Waals surface area contributed by atoms with Crippen molar-refractivity contribution in [2.45, 2.75) is 39.5 Å². The zero-order chi connectivity index (χ0) is 14.1. The zero-order valence-corrected chi connectivity index (χ0v) is 12.3. The van der Waals surface area contributed by atoms with Crippen LogP contribution in [0.5, 0.6) is 0 Å². The third kappa shape index (κ3) is 5.42. The second-order valence-electron chi connectivity index (χ2n) is 4.83. The molecule has 0 spiro atoms. The average Bonchev–Trinajstić information content (AvgIpc) is 2.42. The van der Waals surface area contributed by atoms with E-state index in [4.69, 9.17) is 5.11 Å². The van der Waals surface area contributed by atoms with Gasteiger partial charge in [-0.05, 0) is 32.6 Å². The number of hydrogen-bond donors (Lipinski definition) is 2. The molecule has 1 aromatic rings. The van der Waals surface area contributed by atoms with Crippen LogP contribution < -0.4 is 10.2 Å². The number of rotatable bonds is 9. The van der Waals surface area contributed by atoms with E-state index in [1.807, 2.05) is 13.1 Å². The number of nitrogens with zero attached hydrogens (tertiary/aromatic N) is 3. The molecule has 1 rings (SSSR count). The summed E-state index contributed by atoms with van der Waals surface area (Å²) in [6.45, 7) is 6.27. The van der Waals surface area contributed by atoms with Crippen LogP contribution in [-0.2, 0) is 0 Å². The summed E-state index contributed by atoms with van der Waals surface area (Å²) < 4.78 is 0. The summed E-state index contributed by atoms with van der Waals surface area (Å²) in [4.78, 5) is 11.0. The summed E-state index contributed by atoms with van der Waals surface area (Å²) in [5, 5.41) is 12.0. The molecule has 0 amide bonds. The topological polar surface area (TPSA) is 61.3 Å². The fourth-order valence-corrected chi connectivity index (χ4v) is 1.88. The van der Waals surface area contributed by atoms with Crippen molar-refractivity contribution in [1.29, 1.82) is 0 Å². The van der Waals surface area contributed by atoms with E-state index in [1.54, 1.807) is 0 Å². The second kappa shape index (κ2) is 8.69.